The molecule has 0 saturated carbocycles. The number of carbonyl (C=O) groups is 2. The van der Waals surface area contributed by atoms with Gasteiger partial charge in [0.15, 0.2) is 0 Å². The Hall–Kier alpha value is -3.54. The van der Waals surface area contributed by atoms with Crippen LogP contribution < -0.4 is 16.0 Å². The third-order valence-corrected chi connectivity index (χ3v) is 3.90. The summed E-state index contributed by atoms with van der Waals surface area (Å²) in [5, 5.41) is 3.31. The smallest absolute Gasteiger partial charge is 0.286 e. The van der Waals surface area contributed by atoms with Gasteiger partial charge >= 0.3 is 0 Å². The van der Waals surface area contributed by atoms with Crippen molar-refractivity contribution in [1.29, 1.82) is 0 Å². The van der Waals surface area contributed by atoms with Gasteiger partial charge in [-0.15, -0.1) is 0 Å². The van der Waals surface area contributed by atoms with Crippen LogP contribution in [0.5, 0.6) is 0 Å². The lowest BCUT2D eigenvalue weighted by molar-refractivity contribution is -0.111. The van der Waals surface area contributed by atoms with Crippen LogP contribution in [0.3, 0.4) is 0 Å². The molecule has 1 heterocycles. The van der Waals surface area contributed by atoms with E-state index in [1.165, 1.54) is 6.08 Å². The first-order valence-electron chi connectivity index (χ1n) is 8.03. The molecule has 0 aliphatic carbocycles. The lowest BCUT2D eigenvalue weighted by Crippen LogP contribution is -2.15. The monoisotopic (exact) mass is 349 g/mol. The summed E-state index contributed by atoms with van der Waals surface area (Å²) in [5.41, 5.74) is 8.08. The summed E-state index contributed by atoms with van der Waals surface area (Å²) in [6, 6.07) is 14.8. The van der Waals surface area contributed by atoms with Gasteiger partial charge in [-0.05, 0) is 35.9 Å². The number of furan rings is 1. The normalized spacial score (nSPS) is 11.0. The van der Waals surface area contributed by atoms with Gasteiger partial charge < -0.3 is 20.4 Å². The van der Waals surface area contributed by atoms with E-state index in [2.05, 4.69) is 5.32 Å². The number of hydrogen-bond acceptors (Lipinski definition) is 4. The predicted octanol–water partition coefficient (Wildman–Crippen LogP) is 3.25. The number of nitrogens with one attached hydrogen (secondary N) is 1. The van der Waals surface area contributed by atoms with Crippen molar-refractivity contribution in [1.82, 2.24) is 0 Å². The maximum atomic E-state index is 12.3. The fourth-order valence-electron chi connectivity index (χ4n) is 2.56. The Morgan fingerprint density at radius 1 is 1.08 bits per heavy atom. The first-order chi connectivity index (χ1) is 12.5. The standard InChI is InChI=1S/C20H19N3O3/c1-23(2)14-10-7-13(8-11-14)9-12-17(24)22-18-15-5-3-4-6-16(15)26-19(18)20(21)25/h3-12H,1-2H3,(H2,21,25)(H,22,24)/b12-9+. The van der Waals surface area contributed by atoms with Crippen LogP contribution in [0.25, 0.3) is 17.0 Å². The van der Waals surface area contributed by atoms with Gasteiger partial charge in [-0.1, -0.05) is 24.3 Å². The van der Waals surface area contributed by atoms with E-state index in [9.17, 15) is 9.59 Å². The predicted molar refractivity (Wildman–Crippen MR) is 103 cm³/mol. The molecule has 26 heavy (non-hydrogen) atoms. The van der Waals surface area contributed by atoms with Gasteiger partial charge in [0.25, 0.3) is 5.91 Å². The van der Waals surface area contributed by atoms with Crippen molar-refractivity contribution >= 4 is 40.2 Å². The van der Waals surface area contributed by atoms with Gasteiger partial charge in [-0.25, -0.2) is 0 Å². The van der Waals surface area contributed by atoms with Crippen LogP contribution in [0.4, 0.5) is 11.4 Å². The van der Waals surface area contributed by atoms with Crippen molar-refractivity contribution in [2.75, 3.05) is 24.3 Å². The van der Waals surface area contributed by atoms with Crippen molar-refractivity contribution < 1.29 is 14.0 Å². The zero-order chi connectivity index (χ0) is 18.7. The molecule has 0 aliphatic rings. The van der Waals surface area contributed by atoms with E-state index in [4.69, 9.17) is 10.2 Å². The number of para-hydroxylation sites is 1. The molecule has 0 radical (unpaired) electrons. The van der Waals surface area contributed by atoms with E-state index < -0.39 is 5.91 Å². The van der Waals surface area contributed by atoms with E-state index in [0.29, 0.717) is 11.0 Å². The van der Waals surface area contributed by atoms with Crippen LogP contribution in [-0.4, -0.2) is 25.9 Å². The second kappa shape index (κ2) is 7.14. The number of hydrogen-bond donors (Lipinski definition) is 2. The number of nitrogens with two attached hydrogens (primary N) is 1. The zero-order valence-electron chi connectivity index (χ0n) is 14.5. The summed E-state index contributed by atoms with van der Waals surface area (Å²) in [4.78, 5) is 25.9. The van der Waals surface area contributed by atoms with Crippen LogP contribution in [0.2, 0.25) is 0 Å². The number of benzene rings is 2. The molecular weight excluding hydrogens is 330 g/mol. The molecule has 0 spiro atoms. The van der Waals surface area contributed by atoms with Crippen LogP contribution in [0, 0.1) is 0 Å². The molecule has 1 aromatic heterocycles. The molecule has 6 heteroatoms. The van der Waals surface area contributed by atoms with Crippen molar-refractivity contribution in [3.8, 4) is 0 Å². The number of anilines is 2. The van der Waals surface area contributed by atoms with Gasteiger partial charge in [-0.2, -0.15) is 0 Å². The Morgan fingerprint density at radius 2 is 1.77 bits per heavy atom. The molecule has 2 amide bonds. The molecule has 0 fully saturated rings. The number of primary amides is 1. The fraction of sp³-hybridized carbons (Fsp3) is 0.100. The van der Waals surface area contributed by atoms with Gasteiger partial charge in [0, 0.05) is 31.2 Å². The lowest BCUT2D eigenvalue weighted by atomic mass is 10.2. The first kappa shape index (κ1) is 17.3. The van der Waals surface area contributed by atoms with Gasteiger partial charge in [0.1, 0.15) is 11.3 Å². The Morgan fingerprint density at radius 3 is 2.42 bits per heavy atom. The highest BCUT2D eigenvalue weighted by Gasteiger charge is 2.19. The van der Waals surface area contributed by atoms with Crippen LogP contribution in [-0.2, 0) is 4.79 Å². The number of nitrogens with zero attached hydrogens (tertiary/aromatic N) is 1. The van der Waals surface area contributed by atoms with E-state index >= 15 is 0 Å². The zero-order valence-corrected chi connectivity index (χ0v) is 14.5. The van der Waals surface area contributed by atoms with Crippen LogP contribution in [0.1, 0.15) is 16.1 Å². The molecule has 0 unspecified atom stereocenters. The van der Waals surface area contributed by atoms with E-state index in [1.54, 1.807) is 30.3 Å². The molecule has 3 rings (SSSR count). The number of rotatable bonds is 5. The third kappa shape index (κ3) is 3.59. The number of amides is 2. The van der Waals surface area contributed by atoms with E-state index in [-0.39, 0.29) is 17.4 Å². The minimum Gasteiger partial charge on any atom is -0.449 e. The Balaban J connectivity index is 1.81. The molecule has 3 aromatic rings. The average Bonchev–Trinajstić information content (AvgIpc) is 2.99. The Labute approximate surface area is 150 Å². The second-order valence-corrected chi connectivity index (χ2v) is 5.98. The highest BCUT2D eigenvalue weighted by Crippen LogP contribution is 2.30. The quantitative estimate of drug-likeness (QED) is 0.692. The Kier molecular flexibility index (Phi) is 4.75. The summed E-state index contributed by atoms with van der Waals surface area (Å²) in [5.74, 6) is -1.18. The van der Waals surface area contributed by atoms with E-state index in [1.807, 2.05) is 43.3 Å². The Bertz CT molecular complexity index is 985. The minimum absolute atomic E-state index is 0.0664. The molecule has 0 atom stereocenters. The van der Waals surface area contributed by atoms with Crippen molar-refractivity contribution in [2.45, 2.75) is 0 Å². The van der Waals surface area contributed by atoms with Crippen molar-refractivity contribution in [3.05, 3.63) is 65.9 Å². The fourth-order valence-corrected chi connectivity index (χ4v) is 2.56. The third-order valence-electron chi connectivity index (χ3n) is 3.90. The van der Waals surface area contributed by atoms with Crippen LogP contribution >= 0.6 is 0 Å². The molecule has 0 aliphatic heterocycles. The maximum absolute atomic E-state index is 12.3. The van der Waals surface area contributed by atoms with Crippen LogP contribution in [0.15, 0.2) is 59.0 Å². The minimum atomic E-state index is -0.736. The summed E-state index contributed by atoms with van der Waals surface area (Å²) >= 11 is 0. The largest absolute Gasteiger partial charge is 0.449 e. The lowest BCUT2D eigenvalue weighted by Gasteiger charge is -2.11. The highest BCUT2D eigenvalue weighted by molar-refractivity contribution is 6.13. The summed E-state index contributed by atoms with van der Waals surface area (Å²) in [6.45, 7) is 0. The first-order valence-corrected chi connectivity index (χ1v) is 8.03. The molecule has 6 nitrogen and oxygen atoms in total. The summed E-state index contributed by atoms with van der Waals surface area (Å²) in [7, 11) is 3.92. The van der Waals surface area contributed by atoms with Crippen molar-refractivity contribution in [3.63, 3.8) is 0 Å². The molecule has 0 saturated heterocycles. The van der Waals surface area contributed by atoms with Gasteiger partial charge in [0.05, 0.1) is 0 Å². The molecule has 3 N–H and O–H groups in total. The van der Waals surface area contributed by atoms with Gasteiger partial charge in [-0.3, -0.25) is 9.59 Å². The second-order valence-electron chi connectivity index (χ2n) is 5.98. The maximum Gasteiger partial charge on any atom is 0.286 e. The SMILES string of the molecule is CN(C)c1ccc(/C=C/C(=O)Nc2c(C(N)=O)oc3ccccc23)cc1. The molecule has 132 valence electrons. The summed E-state index contributed by atoms with van der Waals surface area (Å²) in [6.07, 6.45) is 3.10. The molecular formula is C20H19N3O3. The average molecular weight is 349 g/mol. The summed E-state index contributed by atoms with van der Waals surface area (Å²) < 4.78 is 5.44. The molecule has 2 aromatic carbocycles. The highest BCUT2D eigenvalue weighted by atomic mass is 16.3. The van der Waals surface area contributed by atoms with Gasteiger partial charge in [0.2, 0.25) is 11.7 Å². The van der Waals surface area contributed by atoms with Crippen molar-refractivity contribution in [2.24, 2.45) is 5.73 Å². The number of carbonyl (C=O) groups excluding carboxylic acids is 2. The number of fused-ring (bicyclic) bond motifs is 1. The topological polar surface area (TPSA) is 88.6 Å². The van der Waals surface area contributed by atoms with E-state index in [0.717, 1.165) is 11.3 Å². The molecule has 0 bridgehead atoms.